The van der Waals surface area contributed by atoms with Crippen molar-refractivity contribution in [3.05, 3.63) is 29.8 Å². The molecule has 1 rings (SSSR count). The van der Waals surface area contributed by atoms with Crippen LogP contribution in [0.25, 0.3) is 0 Å². The van der Waals surface area contributed by atoms with Crippen molar-refractivity contribution in [2.75, 3.05) is 6.26 Å². The van der Waals surface area contributed by atoms with Crippen molar-refractivity contribution in [1.82, 2.24) is 0 Å². The van der Waals surface area contributed by atoms with Gasteiger partial charge in [0.05, 0.1) is 0 Å². The Labute approximate surface area is 86.8 Å². The van der Waals surface area contributed by atoms with Crippen molar-refractivity contribution in [3.63, 3.8) is 0 Å². The lowest BCUT2D eigenvalue weighted by molar-refractivity contribution is 1.28. The van der Waals surface area contributed by atoms with Crippen LogP contribution in [0.1, 0.15) is 5.56 Å². The minimum atomic E-state index is -0.932. The number of hydrogen-bond acceptors (Lipinski definition) is 1. The predicted octanol–water partition coefficient (Wildman–Crippen LogP) is 3.83. The Kier molecular flexibility index (Phi) is 3.62. The van der Waals surface area contributed by atoms with E-state index >= 15 is 0 Å². The maximum Gasteiger partial charge on any atom is 0.0487 e. The quantitative estimate of drug-likeness (QED) is 0.540. The van der Waals surface area contributed by atoms with E-state index in [2.05, 4.69) is 50.2 Å². The van der Waals surface area contributed by atoms with E-state index in [0.29, 0.717) is 0 Å². The third-order valence-electron chi connectivity index (χ3n) is 1.89. The van der Waals surface area contributed by atoms with Gasteiger partial charge in [0.15, 0.2) is 0 Å². The third kappa shape index (κ3) is 4.01. The average Bonchev–Trinajstić information content (AvgIpc) is 2.03. The Bertz CT molecular complexity index is 258. The molecule has 0 atom stereocenters. The van der Waals surface area contributed by atoms with Crippen molar-refractivity contribution in [3.8, 4) is 0 Å². The monoisotopic (exact) mass is 210 g/mol. The molecule has 0 radical (unpaired) electrons. The van der Waals surface area contributed by atoms with E-state index in [1.165, 1.54) is 16.5 Å². The van der Waals surface area contributed by atoms with Gasteiger partial charge < -0.3 is 0 Å². The SMILES string of the molecule is CSc1ccc(C[Si](C)(C)C)cc1. The first-order valence-electron chi connectivity index (χ1n) is 4.64. The fraction of sp³-hybridized carbons (Fsp3) is 0.455. The zero-order valence-electron chi connectivity index (χ0n) is 8.92. The Balaban J connectivity index is 2.70. The molecule has 0 amide bonds. The molecule has 13 heavy (non-hydrogen) atoms. The van der Waals surface area contributed by atoms with Crippen LogP contribution in [-0.2, 0) is 6.04 Å². The van der Waals surface area contributed by atoms with Gasteiger partial charge >= 0.3 is 0 Å². The van der Waals surface area contributed by atoms with Crippen molar-refractivity contribution in [1.29, 1.82) is 0 Å². The van der Waals surface area contributed by atoms with Gasteiger partial charge in [0.25, 0.3) is 0 Å². The van der Waals surface area contributed by atoms with Gasteiger partial charge in [-0.15, -0.1) is 11.8 Å². The minimum absolute atomic E-state index is 0.932. The molecule has 0 aliphatic heterocycles. The molecule has 0 heterocycles. The smallest absolute Gasteiger partial charge is 0.0487 e. The molecule has 0 bridgehead atoms. The van der Waals surface area contributed by atoms with E-state index in [0.717, 1.165) is 0 Å². The lowest BCUT2D eigenvalue weighted by atomic mass is 10.2. The second kappa shape index (κ2) is 4.34. The topological polar surface area (TPSA) is 0 Å². The summed E-state index contributed by atoms with van der Waals surface area (Å²) >= 11 is 1.81. The minimum Gasteiger partial charge on any atom is -0.130 e. The normalized spacial score (nSPS) is 11.7. The molecule has 72 valence electrons. The van der Waals surface area contributed by atoms with Gasteiger partial charge in [-0.05, 0) is 24.4 Å². The molecular formula is C11H18SSi. The Hall–Kier alpha value is -0.213. The first-order chi connectivity index (χ1) is 6.01. The van der Waals surface area contributed by atoms with Crippen LogP contribution < -0.4 is 0 Å². The van der Waals surface area contributed by atoms with Crippen molar-refractivity contribution < 1.29 is 0 Å². The summed E-state index contributed by atoms with van der Waals surface area (Å²) in [6.45, 7) is 7.24. The summed E-state index contributed by atoms with van der Waals surface area (Å²) < 4.78 is 0. The maximum absolute atomic E-state index is 2.41. The van der Waals surface area contributed by atoms with Crippen molar-refractivity contribution in [2.45, 2.75) is 30.6 Å². The second-order valence-corrected chi connectivity index (χ2v) is 10.9. The van der Waals surface area contributed by atoms with Gasteiger partial charge in [0.2, 0.25) is 0 Å². The van der Waals surface area contributed by atoms with Crippen LogP contribution in [0.5, 0.6) is 0 Å². The summed E-state index contributed by atoms with van der Waals surface area (Å²) in [5.74, 6) is 0. The lowest BCUT2D eigenvalue weighted by Gasteiger charge is -2.15. The van der Waals surface area contributed by atoms with Crippen molar-refractivity contribution >= 4 is 19.8 Å². The molecule has 0 aliphatic rings. The molecule has 0 fully saturated rings. The van der Waals surface area contributed by atoms with E-state index in [-0.39, 0.29) is 0 Å². The number of hydrogen-bond donors (Lipinski definition) is 0. The molecule has 0 aliphatic carbocycles. The van der Waals surface area contributed by atoms with Crippen LogP contribution >= 0.6 is 11.8 Å². The van der Waals surface area contributed by atoms with Crippen LogP contribution in [0.2, 0.25) is 19.6 Å². The summed E-state index contributed by atoms with van der Waals surface area (Å²) in [7, 11) is -0.932. The summed E-state index contributed by atoms with van der Waals surface area (Å²) in [4.78, 5) is 1.36. The van der Waals surface area contributed by atoms with E-state index in [4.69, 9.17) is 0 Å². The number of rotatable bonds is 3. The first kappa shape index (κ1) is 10.9. The molecule has 1 aromatic carbocycles. The zero-order valence-corrected chi connectivity index (χ0v) is 10.7. The van der Waals surface area contributed by atoms with Gasteiger partial charge in [0, 0.05) is 13.0 Å². The summed E-state index contributed by atoms with van der Waals surface area (Å²) in [6, 6.07) is 10.3. The zero-order chi connectivity index (χ0) is 9.90. The Morgan fingerprint density at radius 2 is 1.62 bits per heavy atom. The van der Waals surface area contributed by atoms with Gasteiger partial charge in [-0.1, -0.05) is 37.3 Å². The van der Waals surface area contributed by atoms with Crippen molar-refractivity contribution in [2.24, 2.45) is 0 Å². The number of thioether (sulfide) groups is 1. The summed E-state index contributed by atoms with van der Waals surface area (Å²) in [5.41, 5.74) is 1.50. The fourth-order valence-corrected chi connectivity index (χ4v) is 3.22. The van der Waals surface area contributed by atoms with Crippen LogP contribution in [0, 0.1) is 0 Å². The van der Waals surface area contributed by atoms with E-state index in [9.17, 15) is 0 Å². The Morgan fingerprint density at radius 1 is 1.08 bits per heavy atom. The highest BCUT2D eigenvalue weighted by Gasteiger charge is 2.13. The fourth-order valence-electron chi connectivity index (χ4n) is 1.36. The number of benzene rings is 1. The molecular weight excluding hydrogens is 192 g/mol. The standard InChI is InChI=1S/C11H18SSi/c1-12-11-7-5-10(6-8-11)9-13(2,3)4/h5-8H,9H2,1-4H3. The lowest BCUT2D eigenvalue weighted by Crippen LogP contribution is -2.23. The highest BCUT2D eigenvalue weighted by Crippen LogP contribution is 2.17. The molecule has 1 aromatic rings. The molecule has 0 saturated heterocycles. The second-order valence-electron chi connectivity index (χ2n) is 4.59. The first-order valence-corrected chi connectivity index (χ1v) is 9.57. The van der Waals surface area contributed by atoms with Crippen LogP contribution in [-0.4, -0.2) is 14.3 Å². The van der Waals surface area contributed by atoms with Gasteiger partial charge in [-0.3, -0.25) is 0 Å². The molecule has 2 heteroatoms. The van der Waals surface area contributed by atoms with Gasteiger partial charge in [0.1, 0.15) is 0 Å². The third-order valence-corrected chi connectivity index (χ3v) is 4.11. The molecule has 0 N–H and O–H groups in total. The van der Waals surface area contributed by atoms with E-state index < -0.39 is 8.07 Å². The predicted molar refractivity (Wildman–Crippen MR) is 65.3 cm³/mol. The average molecular weight is 210 g/mol. The van der Waals surface area contributed by atoms with E-state index in [1.54, 1.807) is 11.8 Å². The molecule has 0 saturated carbocycles. The summed E-state index contributed by atoms with van der Waals surface area (Å²) in [5, 5.41) is 0. The van der Waals surface area contributed by atoms with Gasteiger partial charge in [-0.2, -0.15) is 0 Å². The van der Waals surface area contributed by atoms with Gasteiger partial charge in [-0.25, -0.2) is 0 Å². The maximum atomic E-state index is 2.41. The van der Waals surface area contributed by atoms with Crippen LogP contribution in [0.4, 0.5) is 0 Å². The molecule has 0 spiro atoms. The summed E-state index contributed by atoms with van der Waals surface area (Å²) in [6.07, 6.45) is 2.12. The Morgan fingerprint density at radius 3 is 2.00 bits per heavy atom. The highest BCUT2D eigenvalue weighted by molar-refractivity contribution is 7.98. The van der Waals surface area contributed by atoms with Crippen LogP contribution in [0.3, 0.4) is 0 Å². The molecule has 0 unspecified atom stereocenters. The highest BCUT2D eigenvalue weighted by atomic mass is 32.2. The molecule has 0 aromatic heterocycles. The van der Waals surface area contributed by atoms with E-state index in [1.807, 2.05) is 0 Å². The van der Waals surface area contributed by atoms with Crippen LogP contribution in [0.15, 0.2) is 29.2 Å². The molecule has 0 nitrogen and oxygen atoms in total. The largest absolute Gasteiger partial charge is 0.130 e.